The first kappa shape index (κ1) is 13.5. The third-order valence-electron chi connectivity index (χ3n) is 3.07. The predicted octanol–water partition coefficient (Wildman–Crippen LogP) is 3.32. The van der Waals surface area contributed by atoms with E-state index in [1.807, 2.05) is 0 Å². The Labute approximate surface area is 121 Å². The summed E-state index contributed by atoms with van der Waals surface area (Å²) < 4.78 is 19.2. The maximum Gasteiger partial charge on any atom is 0.195 e. The molecule has 21 heavy (non-hydrogen) atoms. The van der Waals surface area contributed by atoms with Crippen molar-refractivity contribution >= 4 is 16.9 Å². The Morgan fingerprint density at radius 1 is 1.24 bits per heavy atom. The Morgan fingerprint density at radius 2 is 2.14 bits per heavy atom. The van der Waals surface area contributed by atoms with Crippen LogP contribution in [-0.4, -0.2) is 15.0 Å². The number of aromatic nitrogens is 3. The highest BCUT2D eigenvalue weighted by atomic mass is 19.1. The zero-order chi connectivity index (χ0) is 14.7. The molecule has 108 valence electrons. The summed E-state index contributed by atoms with van der Waals surface area (Å²) >= 11 is 0. The Bertz CT molecular complexity index is 756. The molecule has 0 bridgehead atoms. The standard InChI is InChI=1S/C15H15FN4O/c1-2-4-13-20-14-12(21-13)6-8-18-15(14)19-9-11-10(16)5-3-7-17-11/h3,5-8H,2,4,9H2,1H3,(H,18,19). The van der Waals surface area contributed by atoms with E-state index in [0.717, 1.165) is 12.8 Å². The number of aryl methyl sites for hydroxylation is 1. The van der Waals surface area contributed by atoms with Gasteiger partial charge in [0.25, 0.3) is 0 Å². The Morgan fingerprint density at radius 3 is 2.95 bits per heavy atom. The summed E-state index contributed by atoms with van der Waals surface area (Å²) in [5, 5.41) is 3.06. The molecule has 0 aliphatic heterocycles. The Balaban J connectivity index is 1.85. The monoisotopic (exact) mass is 286 g/mol. The summed E-state index contributed by atoms with van der Waals surface area (Å²) in [5.74, 6) is 0.917. The molecule has 0 atom stereocenters. The second-order valence-electron chi connectivity index (χ2n) is 4.65. The van der Waals surface area contributed by atoms with Crippen LogP contribution in [0.1, 0.15) is 24.9 Å². The number of nitrogens with zero attached hydrogens (tertiary/aromatic N) is 3. The molecule has 0 aliphatic carbocycles. The van der Waals surface area contributed by atoms with Gasteiger partial charge in [0.05, 0.1) is 12.2 Å². The predicted molar refractivity (Wildman–Crippen MR) is 77.3 cm³/mol. The highest BCUT2D eigenvalue weighted by Crippen LogP contribution is 2.22. The molecule has 0 fully saturated rings. The fourth-order valence-corrected chi connectivity index (χ4v) is 2.07. The van der Waals surface area contributed by atoms with Crippen LogP contribution in [0.15, 0.2) is 35.0 Å². The number of hydrogen-bond acceptors (Lipinski definition) is 5. The van der Waals surface area contributed by atoms with Crippen molar-refractivity contribution in [3.05, 3.63) is 48.0 Å². The maximum absolute atomic E-state index is 13.6. The van der Waals surface area contributed by atoms with Crippen LogP contribution in [0.25, 0.3) is 11.1 Å². The second kappa shape index (κ2) is 5.87. The normalized spacial score (nSPS) is 11.0. The van der Waals surface area contributed by atoms with Gasteiger partial charge in [0.15, 0.2) is 22.8 Å². The molecule has 0 spiro atoms. The fourth-order valence-electron chi connectivity index (χ4n) is 2.07. The molecule has 3 heterocycles. The van der Waals surface area contributed by atoms with Gasteiger partial charge in [-0.1, -0.05) is 6.92 Å². The van der Waals surface area contributed by atoms with Crippen LogP contribution in [0.3, 0.4) is 0 Å². The molecule has 6 heteroatoms. The molecule has 0 radical (unpaired) electrons. The molecule has 0 aliphatic rings. The third kappa shape index (κ3) is 2.84. The number of hydrogen-bond donors (Lipinski definition) is 1. The molecule has 1 N–H and O–H groups in total. The average molecular weight is 286 g/mol. The molecular formula is C15H15FN4O. The summed E-state index contributed by atoms with van der Waals surface area (Å²) in [4.78, 5) is 12.7. The lowest BCUT2D eigenvalue weighted by Crippen LogP contribution is -2.05. The average Bonchev–Trinajstić information content (AvgIpc) is 2.90. The maximum atomic E-state index is 13.6. The van der Waals surface area contributed by atoms with E-state index in [2.05, 4.69) is 27.2 Å². The first-order valence-electron chi connectivity index (χ1n) is 6.85. The molecule has 0 amide bonds. The number of halogens is 1. The van der Waals surface area contributed by atoms with E-state index in [9.17, 15) is 4.39 Å². The highest BCUT2D eigenvalue weighted by Gasteiger charge is 2.11. The molecule has 5 nitrogen and oxygen atoms in total. The van der Waals surface area contributed by atoms with E-state index in [4.69, 9.17) is 4.42 Å². The zero-order valence-corrected chi connectivity index (χ0v) is 11.6. The summed E-state index contributed by atoms with van der Waals surface area (Å²) in [6.45, 7) is 2.31. The van der Waals surface area contributed by atoms with Crippen molar-refractivity contribution in [2.75, 3.05) is 5.32 Å². The van der Waals surface area contributed by atoms with E-state index in [1.165, 1.54) is 6.07 Å². The number of nitrogens with one attached hydrogen (secondary N) is 1. The van der Waals surface area contributed by atoms with Crippen molar-refractivity contribution < 1.29 is 8.81 Å². The van der Waals surface area contributed by atoms with Crippen molar-refractivity contribution in [1.82, 2.24) is 15.0 Å². The van der Waals surface area contributed by atoms with Gasteiger partial charge < -0.3 is 9.73 Å². The van der Waals surface area contributed by atoms with Crippen molar-refractivity contribution in [3.8, 4) is 0 Å². The molecule has 0 saturated carbocycles. The minimum absolute atomic E-state index is 0.245. The number of fused-ring (bicyclic) bond motifs is 1. The van der Waals surface area contributed by atoms with Gasteiger partial charge in [-0.2, -0.15) is 0 Å². The molecule has 0 saturated heterocycles. The lowest BCUT2D eigenvalue weighted by molar-refractivity contribution is 0.525. The fraction of sp³-hybridized carbons (Fsp3) is 0.267. The van der Waals surface area contributed by atoms with Crippen molar-refractivity contribution in [2.45, 2.75) is 26.3 Å². The van der Waals surface area contributed by atoms with Crippen LogP contribution in [0.4, 0.5) is 10.2 Å². The first-order chi connectivity index (χ1) is 10.3. The van der Waals surface area contributed by atoms with Crippen LogP contribution < -0.4 is 5.32 Å². The van der Waals surface area contributed by atoms with Gasteiger partial charge in [0.2, 0.25) is 0 Å². The van der Waals surface area contributed by atoms with Crippen LogP contribution >= 0.6 is 0 Å². The number of oxazole rings is 1. The molecule has 0 aromatic carbocycles. The topological polar surface area (TPSA) is 63.8 Å². The van der Waals surface area contributed by atoms with E-state index in [-0.39, 0.29) is 12.4 Å². The molecular weight excluding hydrogens is 271 g/mol. The van der Waals surface area contributed by atoms with Gasteiger partial charge in [-0.25, -0.2) is 14.4 Å². The number of pyridine rings is 2. The van der Waals surface area contributed by atoms with Crippen LogP contribution in [-0.2, 0) is 13.0 Å². The highest BCUT2D eigenvalue weighted by molar-refractivity contribution is 5.83. The van der Waals surface area contributed by atoms with Gasteiger partial charge in [0.1, 0.15) is 5.82 Å². The first-order valence-corrected chi connectivity index (χ1v) is 6.85. The van der Waals surface area contributed by atoms with Crippen LogP contribution in [0, 0.1) is 5.82 Å². The lowest BCUT2D eigenvalue weighted by Gasteiger charge is -2.05. The van der Waals surface area contributed by atoms with E-state index >= 15 is 0 Å². The Hall–Kier alpha value is -2.50. The number of rotatable bonds is 5. The zero-order valence-electron chi connectivity index (χ0n) is 11.6. The quantitative estimate of drug-likeness (QED) is 0.779. The van der Waals surface area contributed by atoms with E-state index in [1.54, 1.807) is 24.5 Å². The molecule has 3 rings (SSSR count). The molecule has 3 aromatic heterocycles. The van der Waals surface area contributed by atoms with Gasteiger partial charge in [0, 0.05) is 24.9 Å². The molecule has 3 aromatic rings. The summed E-state index contributed by atoms with van der Waals surface area (Å²) in [7, 11) is 0. The minimum atomic E-state index is -0.344. The summed E-state index contributed by atoms with van der Waals surface area (Å²) in [5.41, 5.74) is 1.68. The Kier molecular flexibility index (Phi) is 3.77. The minimum Gasteiger partial charge on any atom is -0.440 e. The van der Waals surface area contributed by atoms with Crippen molar-refractivity contribution in [1.29, 1.82) is 0 Å². The van der Waals surface area contributed by atoms with E-state index < -0.39 is 0 Å². The summed E-state index contributed by atoms with van der Waals surface area (Å²) in [6.07, 6.45) is 4.94. The third-order valence-corrected chi connectivity index (χ3v) is 3.07. The van der Waals surface area contributed by atoms with Gasteiger partial charge in [-0.15, -0.1) is 0 Å². The lowest BCUT2D eigenvalue weighted by atomic mass is 10.3. The van der Waals surface area contributed by atoms with Crippen LogP contribution in [0.5, 0.6) is 0 Å². The summed E-state index contributed by atoms with van der Waals surface area (Å²) in [6, 6.07) is 4.72. The van der Waals surface area contributed by atoms with Crippen molar-refractivity contribution in [3.63, 3.8) is 0 Å². The van der Waals surface area contributed by atoms with E-state index in [0.29, 0.717) is 28.5 Å². The SMILES string of the molecule is CCCc1nc2c(NCc3ncccc3F)nccc2o1. The van der Waals surface area contributed by atoms with Crippen LogP contribution in [0.2, 0.25) is 0 Å². The van der Waals surface area contributed by atoms with Gasteiger partial charge in [-0.3, -0.25) is 4.98 Å². The molecule has 0 unspecified atom stereocenters. The largest absolute Gasteiger partial charge is 0.440 e. The smallest absolute Gasteiger partial charge is 0.195 e. The number of anilines is 1. The van der Waals surface area contributed by atoms with Crippen molar-refractivity contribution in [2.24, 2.45) is 0 Å². The van der Waals surface area contributed by atoms with Gasteiger partial charge in [-0.05, 0) is 18.6 Å². The van der Waals surface area contributed by atoms with Gasteiger partial charge >= 0.3 is 0 Å². The second-order valence-corrected chi connectivity index (χ2v) is 4.65.